The minimum Gasteiger partial charge on any atom is -0.353 e. The number of hydrogen-bond acceptors (Lipinski definition) is 5. The Kier molecular flexibility index (Phi) is 4.75. The summed E-state index contributed by atoms with van der Waals surface area (Å²) in [6.45, 7) is 5.53. The van der Waals surface area contributed by atoms with E-state index in [4.69, 9.17) is 5.10 Å². The Balaban J connectivity index is 1.59. The zero-order valence-electron chi connectivity index (χ0n) is 15.7. The monoisotopic (exact) mass is 364 g/mol. The summed E-state index contributed by atoms with van der Waals surface area (Å²) in [6.07, 6.45) is 2.02. The average molecular weight is 364 g/mol. The summed E-state index contributed by atoms with van der Waals surface area (Å²) >= 11 is 0. The van der Waals surface area contributed by atoms with Crippen molar-refractivity contribution < 1.29 is 4.79 Å². The van der Waals surface area contributed by atoms with Crippen LogP contribution >= 0.6 is 0 Å². The molecule has 7 nitrogen and oxygen atoms in total. The van der Waals surface area contributed by atoms with Gasteiger partial charge in [0.1, 0.15) is 5.82 Å². The van der Waals surface area contributed by atoms with Crippen molar-refractivity contribution in [3.8, 4) is 11.4 Å². The zero-order chi connectivity index (χ0) is 18.8. The van der Waals surface area contributed by atoms with Crippen molar-refractivity contribution in [3.63, 3.8) is 0 Å². The molecule has 1 fully saturated rings. The first-order valence-corrected chi connectivity index (χ1v) is 9.45. The lowest BCUT2D eigenvalue weighted by Gasteiger charge is -2.34. The molecule has 1 saturated heterocycles. The van der Waals surface area contributed by atoms with Crippen molar-refractivity contribution in [2.24, 2.45) is 5.92 Å². The van der Waals surface area contributed by atoms with Crippen LogP contribution in [-0.2, 0) is 4.79 Å². The first-order chi connectivity index (χ1) is 13.1. The molecule has 1 atom stereocenters. The SMILES string of the molecule is CC(C)C(=O)NC1CCCN(c2ccc3nnc(-c4ccccc4)n3n2)C1. The highest BCUT2D eigenvalue weighted by atomic mass is 16.1. The molecule has 0 saturated carbocycles. The largest absolute Gasteiger partial charge is 0.353 e. The molecule has 1 aromatic carbocycles. The van der Waals surface area contributed by atoms with Crippen LogP contribution in [0.1, 0.15) is 26.7 Å². The number of nitrogens with zero attached hydrogens (tertiary/aromatic N) is 5. The molecule has 1 unspecified atom stereocenters. The van der Waals surface area contributed by atoms with Crippen LogP contribution in [0.25, 0.3) is 17.0 Å². The molecule has 0 spiro atoms. The van der Waals surface area contributed by atoms with Gasteiger partial charge in [0, 0.05) is 30.6 Å². The predicted molar refractivity (Wildman–Crippen MR) is 104 cm³/mol. The molecule has 4 rings (SSSR count). The Bertz CT molecular complexity index is 936. The minimum absolute atomic E-state index is 0.000283. The third-order valence-corrected chi connectivity index (χ3v) is 4.90. The summed E-state index contributed by atoms with van der Waals surface area (Å²) in [5, 5.41) is 16.5. The average Bonchev–Trinajstić information content (AvgIpc) is 3.12. The first-order valence-electron chi connectivity index (χ1n) is 9.45. The van der Waals surface area contributed by atoms with E-state index in [1.54, 1.807) is 4.52 Å². The van der Waals surface area contributed by atoms with Gasteiger partial charge < -0.3 is 10.2 Å². The molecule has 1 aliphatic rings. The van der Waals surface area contributed by atoms with Crippen molar-refractivity contribution in [2.75, 3.05) is 18.0 Å². The second-order valence-corrected chi connectivity index (χ2v) is 7.30. The predicted octanol–water partition coefficient (Wildman–Crippen LogP) is 2.53. The minimum atomic E-state index is 0.000283. The number of rotatable bonds is 4. The molecule has 3 aromatic rings. The standard InChI is InChI=1S/C20H24N6O/c1-14(2)20(27)21-16-9-6-12-25(13-16)18-11-10-17-22-23-19(26(17)24-18)15-7-4-3-5-8-15/h3-5,7-8,10-11,14,16H,6,9,12-13H2,1-2H3,(H,21,27). The van der Waals surface area contributed by atoms with Crippen molar-refractivity contribution >= 4 is 17.4 Å². The van der Waals surface area contributed by atoms with Gasteiger partial charge in [-0.3, -0.25) is 4.79 Å². The van der Waals surface area contributed by atoms with Gasteiger partial charge in [-0.1, -0.05) is 44.2 Å². The van der Waals surface area contributed by atoms with Crippen molar-refractivity contribution in [3.05, 3.63) is 42.5 Å². The Morgan fingerprint density at radius 1 is 1.15 bits per heavy atom. The Morgan fingerprint density at radius 2 is 1.96 bits per heavy atom. The fraction of sp³-hybridized carbons (Fsp3) is 0.400. The topological polar surface area (TPSA) is 75.4 Å². The second-order valence-electron chi connectivity index (χ2n) is 7.30. The van der Waals surface area contributed by atoms with E-state index in [1.165, 1.54) is 0 Å². The number of piperidine rings is 1. The van der Waals surface area contributed by atoms with Gasteiger partial charge >= 0.3 is 0 Å². The summed E-state index contributed by atoms with van der Waals surface area (Å²) in [6, 6.07) is 14.0. The molecule has 2 aromatic heterocycles. The van der Waals surface area contributed by atoms with Gasteiger partial charge in [0.05, 0.1) is 0 Å². The van der Waals surface area contributed by atoms with E-state index in [1.807, 2.05) is 56.3 Å². The number of hydrogen-bond donors (Lipinski definition) is 1. The van der Waals surface area contributed by atoms with E-state index >= 15 is 0 Å². The van der Waals surface area contributed by atoms with Gasteiger partial charge in [-0.15, -0.1) is 15.3 Å². The van der Waals surface area contributed by atoms with Crippen LogP contribution in [0.5, 0.6) is 0 Å². The molecule has 3 heterocycles. The summed E-state index contributed by atoms with van der Waals surface area (Å²) in [5.41, 5.74) is 1.70. The first kappa shape index (κ1) is 17.5. The third kappa shape index (κ3) is 3.63. The molecule has 140 valence electrons. The molecule has 0 aliphatic carbocycles. The summed E-state index contributed by atoms with van der Waals surface area (Å²) in [5.74, 6) is 1.72. The molecule has 0 radical (unpaired) electrons. The quantitative estimate of drug-likeness (QED) is 0.770. The Labute approximate surface area is 158 Å². The second kappa shape index (κ2) is 7.34. The fourth-order valence-corrected chi connectivity index (χ4v) is 3.39. The van der Waals surface area contributed by atoms with Crippen molar-refractivity contribution in [1.29, 1.82) is 0 Å². The van der Waals surface area contributed by atoms with Crippen LogP contribution in [0.3, 0.4) is 0 Å². The van der Waals surface area contributed by atoms with Crippen LogP contribution in [0, 0.1) is 5.92 Å². The van der Waals surface area contributed by atoms with Crippen LogP contribution < -0.4 is 10.2 Å². The lowest BCUT2D eigenvalue weighted by molar-refractivity contribution is -0.124. The molecule has 27 heavy (non-hydrogen) atoms. The van der Waals surface area contributed by atoms with Crippen LogP contribution in [0.15, 0.2) is 42.5 Å². The number of aromatic nitrogens is 4. The van der Waals surface area contributed by atoms with Crippen LogP contribution in [-0.4, -0.2) is 44.8 Å². The normalized spacial score (nSPS) is 17.4. The van der Waals surface area contributed by atoms with E-state index in [2.05, 4.69) is 20.4 Å². The van der Waals surface area contributed by atoms with Gasteiger partial charge in [0.25, 0.3) is 0 Å². The highest BCUT2D eigenvalue weighted by Crippen LogP contribution is 2.21. The molecule has 0 bridgehead atoms. The number of benzene rings is 1. The Hall–Kier alpha value is -2.96. The number of amides is 1. The van der Waals surface area contributed by atoms with E-state index in [0.29, 0.717) is 0 Å². The van der Waals surface area contributed by atoms with Gasteiger partial charge in [-0.25, -0.2) is 0 Å². The highest BCUT2D eigenvalue weighted by molar-refractivity contribution is 5.78. The number of nitrogens with one attached hydrogen (secondary N) is 1. The molecular formula is C20H24N6O. The number of anilines is 1. The summed E-state index contributed by atoms with van der Waals surface area (Å²) < 4.78 is 1.79. The Morgan fingerprint density at radius 3 is 2.74 bits per heavy atom. The van der Waals surface area contributed by atoms with E-state index in [9.17, 15) is 4.79 Å². The molecule has 7 heteroatoms. The molecule has 1 amide bonds. The van der Waals surface area contributed by atoms with Crippen molar-refractivity contribution in [1.82, 2.24) is 25.1 Å². The number of carbonyl (C=O) groups excluding carboxylic acids is 1. The van der Waals surface area contributed by atoms with Gasteiger partial charge in [0.2, 0.25) is 5.91 Å². The third-order valence-electron chi connectivity index (χ3n) is 4.90. The fourth-order valence-electron chi connectivity index (χ4n) is 3.39. The van der Waals surface area contributed by atoms with Crippen LogP contribution in [0.4, 0.5) is 5.82 Å². The maximum atomic E-state index is 12.0. The van der Waals surface area contributed by atoms with Gasteiger partial charge in [-0.2, -0.15) is 4.52 Å². The molecular weight excluding hydrogens is 340 g/mol. The van der Waals surface area contributed by atoms with E-state index in [-0.39, 0.29) is 17.9 Å². The number of fused-ring (bicyclic) bond motifs is 1. The van der Waals surface area contributed by atoms with Gasteiger partial charge in [0.15, 0.2) is 11.5 Å². The maximum Gasteiger partial charge on any atom is 0.222 e. The lowest BCUT2D eigenvalue weighted by atomic mass is 10.0. The van der Waals surface area contributed by atoms with E-state index < -0.39 is 0 Å². The summed E-state index contributed by atoms with van der Waals surface area (Å²) in [7, 11) is 0. The highest BCUT2D eigenvalue weighted by Gasteiger charge is 2.24. The van der Waals surface area contributed by atoms with Crippen molar-refractivity contribution in [2.45, 2.75) is 32.7 Å². The smallest absolute Gasteiger partial charge is 0.222 e. The van der Waals surface area contributed by atoms with Crippen LogP contribution in [0.2, 0.25) is 0 Å². The molecule has 1 aliphatic heterocycles. The molecule has 1 N–H and O–H groups in total. The maximum absolute atomic E-state index is 12.0. The number of carbonyl (C=O) groups is 1. The van der Waals surface area contributed by atoms with Gasteiger partial charge in [-0.05, 0) is 25.0 Å². The van der Waals surface area contributed by atoms with E-state index in [0.717, 1.165) is 48.8 Å². The summed E-state index contributed by atoms with van der Waals surface area (Å²) in [4.78, 5) is 14.3. The lowest BCUT2D eigenvalue weighted by Crippen LogP contribution is -2.49. The zero-order valence-corrected chi connectivity index (χ0v) is 15.7.